The molecule has 0 aromatic heterocycles. The van der Waals surface area contributed by atoms with E-state index in [2.05, 4.69) is 26.8 Å². The number of aryl methyl sites for hydroxylation is 1. The molecule has 0 heterocycles. The van der Waals surface area contributed by atoms with Crippen molar-refractivity contribution < 1.29 is 19.1 Å². The van der Waals surface area contributed by atoms with Gasteiger partial charge in [0, 0.05) is 9.50 Å². The molecule has 2 rings (SSSR count). The summed E-state index contributed by atoms with van der Waals surface area (Å²) in [6.07, 6.45) is 0. The van der Waals surface area contributed by atoms with Gasteiger partial charge in [-0.15, -0.1) is 0 Å². The molecule has 25 heavy (non-hydrogen) atoms. The first-order chi connectivity index (χ1) is 11.9. The van der Waals surface area contributed by atoms with Crippen molar-refractivity contribution in [1.82, 2.24) is 10.9 Å². The Morgan fingerprint density at radius 2 is 1.60 bits per heavy atom. The number of ether oxygens (including phenoxy) is 2. The van der Waals surface area contributed by atoms with Crippen molar-refractivity contribution >= 4 is 39.3 Å². The lowest BCUT2D eigenvalue weighted by Gasteiger charge is -2.11. The maximum atomic E-state index is 11.7. The number of amides is 2. The van der Waals surface area contributed by atoms with Crippen molar-refractivity contribution in [3.8, 4) is 11.5 Å². The topological polar surface area (TPSA) is 76.7 Å². The Kier molecular flexibility index (Phi) is 7.09. The molecule has 0 spiro atoms. The standard InChI is InChI=1S/C17H16BrClN2O4/c1-11-8-12(18)2-7-15(11)25-10-17(23)21-20-16(22)9-24-14-5-3-13(19)4-6-14/h2-8H,9-10H2,1H3,(H,20,22)(H,21,23). The molecule has 0 aliphatic rings. The van der Waals surface area contributed by atoms with Crippen molar-refractivity contribution in [2.75, 3.05) is 13.2 Å². The normalized spacial score (nSPS) is 10.0. The van der Waals surface area contributed by atoms with E-state index in [1.807, 2.05) is 19.1 Å². The van der Waals surface area contributed by atoms with Crippen LogP contribution in [0.1, 0.15) is 5.56 Å². The van der Waals surface area contributed by atoms with Gasteiger partial charge in [0.05, 0.1) is 0 Å². The lowest BCUT2D eigenvalue weighted by molar-refractivity contribution is -0.131. The Hall–Kier alpha value is -2.25. The van der Waals surface area contributed by atoms with Crippen LogP contribution in [0.4, 0.5) is 0 Å². The van der Waals surface area contributed by atoms with Crippen LogP contribution in [-0.2, 0) is 9.59 Å². The molecule has 0 unspecified atom stereocenters. The molecule has 6 nitrogen and oxygen atoms in total. The maximum Gasteiger partial charge on any atom is 0.276 e. The Morgan fingerprint density at radius 3 is 2.20 bits per heavy atom. The summed E-state index contributed by atoms with van der Waals surface area (Å²) in [7, 11) is 0. The van der Waals surface area contributed by atoms with Crippen molar-refractivity contribution in [3.05, 3.63) is 57.5 Å². The summed E-state index contributed by atoms with van der Waals surface area (Å²) in [5, 5.41) is 0.574. The molecule has 2 aromatic rings. The second-order valence-corrected chi connectivity index (χ2v) is 6.39. The van der Waals surface area contributed by atoms with Crippen LogP contribution in [-0.4, -0.2) is 25.0 Å². The fraction of sp³-hybridized carbons (Fsp3) is 0.176. The Morgan fingerprint density at radius 1 is 1.00 bits per heavy atom. The summed E-state index contributed by atoms with van der Waals surface area (Å²) in [6.45, 7) is 1.41. The number of hydrazine groups is 1. The highest BCUT2D eigenvalue weighted by molar-refractivity contribution is 9.10. The molecule has 0 aliphatic carbocycles. The van der Waals surface area contributed by atoms with E-state index >= 15 is 0 Å². The lowest BCUT2D eigenvalue weighted by Crippen LogP contribution is -2.45. The Labute approximate surface area is 158 Å². The number of nitrogens with one attached hydrogen (secondary N) is 2. The molecule has 0 radical (unpaired) electrons. The summed E-state index contributed by atoms with van der Waals surface area (Å²) in [4.78, 5) is 23.3. The molecular weight excluding hydrogens is 412 g/mol. The number of hydrogen-bond donors (Lipinski definition) is 2. The number of rotatable bonds is 6. The molecule has 8 heteroatoms. The van der Waals surface area contributed by atoms with Crippen molar-refractivity contribution in [2.45, 2.75) is 6.92 Å². The zero-order chi connectivity index (χ0) is 18.2. The molecule has 0 atom stereocenters. The summed E-state index contributed by atoms with van der Waals surface area (Å²) in [5.74, 6) is 0.112. The van der Waals surface area contributed by atoms with Gasteiger partial charge in [-0.1, -0.05) is 27.5 Å². The highest BCUT2D eigenvalue weighted by atomic mass is 79.9. The Bertz CT molecular complexity index is 753. The predicted molar refractivity (Wildman–Crippen MR) is 97.6 cm³/mol. The first kappa shape index (κ1) is 19.1. The second kappa shape index (κ2) is 9.29. The number of benzene rings is 2. The number of hydrogen-bond acceptors (Lipinski definition) is 4. The lowest BCUT2D eigenvalue weighted by atomic mass is 10.2. The minimum Gasteiger partial charge on any atom is -0.484 e. The fourth-order valence-electron chi connectivity index (χ4n) is 1.81. The van der Waals surface area contributed by atoms with Crippen LogP contribution in [0.3, 0.4) is 0 Å². The average molecular weight is 428 g/mol. The van der Waals surface area contributed by atoms with Gasteiger partial charge in [-0.25, -0.2) is 0 Å². The van der Waals surface area contributed by atoms with Gasteiger partial charge in [0.1, 0.15) is 11.5 Å². The van der Waals surface area contributed by atoms with E-state index in [4.69, 9.17) is 21.1 Å². The molecule has 0 saturated heterocycles. The van der Waals surface area contributed by atoms with E-state index in [0.717, 1.165) is 10.0 Å². The maximum absolute atomic E-state index is 11.7. The zero-order valence-electron chi connectivity index (χ0n) is 13.3. The SMILES string of the molecule is Cc1cc(Br)ccc1OCC(=O)NNC(=O)COc1ccc(Cl)cc1. The summed E-state index contributed by atoms with van der Waals surface area (Å²) >= 11 is 9.11. The van der Waals surface area contributed by atoms with Gasteiger partial charge in [0.25, 0.3) is 11.8 Å². The highest BCUT2D eigenvalue weighted by Gasteiger charge is 2.08. The van der Waals surface area contributed by atoms with Gasteiger partial charge in [0.15, 0.2) is 13.2 Å². The van der Waals surface area contributed by atoms with Crippen LogP contribution in [0.15, 0.2) is 46.9 Å². The molecule has 0 aliphatic heterocycles. The van der Waals surface area contributed by atoms with Gasteiger partial charge in [0.2, 0.25) is 0 Å². The first-order valence-corrected chi connectivity index (χ1v) is 8.46. The van der Waals surface area contributed by atoms with Gasteiger partial charge in [-0.3, -0.25) is 20.4 Å². The third-order valence-corrected chi connectivity index (χ3v) is 3.77. The van der Waals surface area contributed by atoms with Crippen molar-refractivity contribution in [2.24, 2.45) is 0 Å². The molecule has 2 N–H and O–H groups in total. The van der Waals surface area contributed by atoms with Crippen LogP contribution in [0.2, 0.25) is 5.02 Å². The van der Waals surface area contributed by atoms with Crippen LogP contribution >= 0.6 is 27.5 Å². The van der Waals surface area contributed by atoms with E-state index in [-0.39, 0.29) is 13.2 Å². The van der Waals surface area contributed by atoms with Crippen LogP contribution in [0.25, 0.3) is 0 Å². The number of halogens is 2. The van der Waals surface area contributed by atoms with Crippen LogP contribution < -0.4 is 20.3 Å². The van der Waals surface area contributed by atoms with Gasteiger partial charge in [-0.2, -0.15) is 0 Å². The van der Waals surface area contributed by atoms with E-state index in [1.165, 1.54) is 0 Å². The molecule has 0 saturated carbocycles. The minimum atomic E-state index is -0.497. The summed E-state index contributed by atoms with van der Waals surface area (Å²) in [5.41, 5.74) is 5.39. The molecule has 132 valence electrons. The molecule has 0 bridgehead atoms. The molecule has 2 amide bonds. The second-order valence-electron chi connectivity index (χ2n) is 5.04. The third-order valence-electron chi connectivity index (χ3n) is 3.02. The van der Waals surface area contributed by atoms with Crippen molar-refractivity contribution in [3.63, 3.8) is 0 Å². The summed E-state index contributed by atoms with van der Waals surface area (Å²) in [6, 6.07) is 12.0. The smallest absolute Gasteiger partial charge is 0.276 e. The van der Waals surface area contributed by atoms with Gasteiger partial charge < -0.3 is 9.47 Å². The van der Waals surface area contributed by atoms with E-state index in [0.29, 0.717) is 16.5 Å². The summed E-state index contributed by atoms with van der Waals surface area (Å²) < 4.78 is 11.6. The van der Waals surface area contributed by atoms with E-state index < -0.39 is 11.8 Å². The van der Waals surface area contributed by atoms with Gasteiger partial charge in [-0.05, 0) is 55.0 Å². The third kappa shape index (κ3) is 6.64. The Balaban J connectivity index is 1.68. The quantitative estimate of drug-likeness (QED) is 0.695. The first-order valence-electron chi connectivity index (χ1n) is 7.29. The molecule has 2 aromatic carbocycles. The fourth-order valence-corrected chi connectivity index (χ4v) is 2.41. The average Bonchev–Trinajstić information content (AvgIpc) is 2.58. The zero-order valence-corrected chi connectivity index (χ0v) is 15.7. The molecular formula is C17H16BrClN2O4. The monoisotopic (exact) mass is 426 g/mol. The van der Waals surface area contributed by atoms with Crippen molar-refractivity contribution in [1.29, 1.82) is 0 Å². The van der Waals surface area contributed by atoms with E-state index in [9.17, 15) is 9.59 Å². The largest absolute Gasteiger partial charge is 0.484 e. The minimum absolute atomic E-state index is 0.221. The predicted octanol–water partition coefficient (Wildman–Crippen LogP) is 3.02. The van der Waals surface area contributed by atoms with E-state index in [1.54, 1.807) is 30.3 Å². The van der Waals surface area contributed by atoms with Crippen LogP contribution in [0, 0.1) is 6.92 Å². The number of carbonyl (C=O) groups is 2. The number of carbonyl (C=O) groups excluding carboxylic acids is 2. The highest BCUT2D eigenvalue weighted by Crippen LogP contribution is 2.21. The molecule has 0 fully saturated rings. The van der Waals surface area contributed by atoms with Crippen LogP contribution in [0.5, 0.6) is 11.5 Å². The van der Waals surface area contributed by atoms with Gasteiger partial charge >= 0.3 is 0 Å².